The largest absolute Gasteiger partial charge is 0.422 e. The summed E-state index contributed by atoms with van der Waals surface area (Å²) in [6.45, 7) is 1.67. The van der Waals surface area contributed by atoms with E-state index in [9.17, 15) is 0 Å². The molecule has 0 saturated carbocycles. The normalized spacial score (nSPS) is 10.4. The van der Waals surface area contributed by atoms with Crippen LogP contribution in [0, 0.1) is 18.3 Å². The number of aryl methyl sites for hydroxylation is 1. The van der Waals surface area contributed by atoms with Crippen molar-refractivity contribution in [1.29, 1.82) is 5.26 Å². The van der Waals surface area contributed by atoms with Gasteiger partial charge in [-0.2, -0.15) is 10.4 Å². The quantitative estimate of drug-likeness (QED) is 0.636. The first-order valence-corrected chi connectivity index (χ1v) is 4.86. The minimum Gasteiger partial charge on any atom is -0.422 e. The molecule has 0 aliphatic rings. The molecule has 2 heterocycles. The molecule has 84 valence electrons. The summed E-state index contributed by atoms with van der Waals surface area (Å²) in [7, 11) is 0. The maximum atomic E-state index is 8.78. The highest BCUT2D eigenvalue weighted by Gasteiger charge is 2.08. The summed E-state index contributed by atoms with van der Waals surface area (Å²) in [5.74, 6) is 0.665. The number of rotatable bonds is 3. The van der Waals surface area contributed by atoms with E-state index < -0.39 is 0 Å². The van der Waals surface area contributed by atoms with Gasteiger partial charge in [0.1, 0.15) is 6.07 Å². The first kappa shape index (κ1) is 10.8. The molecule has 0 saturated heterocycles. The number of hydrogen-bond acceptors (Lipinski definition) is 6. The van der Waals surface area contributed by atoms with Crippen LogP contribution in [-0.2, 0) is 0 Å². The van der Waals surface area contributed by atoms with Gasteiger partial charge in [0.05, 0.1) is 6.21 Å². The highest BCUT2D eigenvalue weighted by molar-refractivity contribution is 5.79. The maximum absolute atomic E-state index is 8.78. The molecule has 0 spiro atoms. The van der Waals surface area contributed by atoms with Gasteiger partial charge < -0.3 is 4.42 Å². The Morgan fingerprint density at radius 1 is 1.47 bits per heavy atom. The fourth-order valence-electron chi connectivity index (χ4n) is 1.19. The number of anilines is 1. The summed E-state index contributed by atoms with van der Waals surface area (Å²) in [5, 5.41) is 12.7. The van der Waals surface area contributed by atoms with E-state index in [0.29, 0.717) is 5.89 Å². The molecule has 0 radical (unpaired) electrons. The van der Waals surface area contributed by atoms with Crippen LogP contribution in [0.25, 0.3) is 0 Å². The average molecular weight is 227 g/mol. The SMILES string of the molecule is Cc1nc(C#N)c(NN=Cc2ccncc2)o1. The molecule has 0 aliphatic heterocycles. The molecule has 0 aromatic carbocycles. The van der Waals surface area contributed by atoms with E-state index in [2.05, 4.69) is 20.5 Å². The molecule has 0 atom stereocenters. The van der Waals surface area contributed by atoms with Gasteiger partial charge >= 0.3 is 0 Å². The van der Waals surface area contributed by atoms with E-state index in [-0.39, 0.29) is 11.6 Å². The van der Waals surface area contributed by atoms with Gasteiger partial charge in [0.15, 0.2) is 5.89 Å². The van der Waals surface area contributed by atoms with Crippen LogP contribution in [-0.4, -0.2) is 16.2 Å². The highest BCUT2D eigenvalue weighted by atomic mass is 16.4. The lowest BCUT2D eigenvalue weighted by molar-refractivity contribution is 0.533. The fourth-order valence-corrected chi connectivity index (χ4v) is 1.19. The van der Waals surface area contributed by atoms with Crippen molar-refractivity contribution in [3.63, 3.8) is 0 Å². The summed E-state index contributed by atoms with van der Waals surface area (Å²) >= 11 is 0. The van der Waals surface area contributed by atoms with Crippen LogP contribution in [0.5, 0.6) is 0 Å². The average Bonchev–Trinajstić information content (AvgIpc) is 2.71. The summed E-state index contributed by atoms with van der Waals surface area (Å²) in [5.41, 5.74) is 3.71. The van der Waals surface area contributed by atoms with Crippen molar-refractivity contribution in [1.82, 2.24) is 9.97 Å². The summed E-state index contributed by atoms with van der Waals surface area (Å²) in [6, 6.07) is 5.53. The van der Waals surface area contributed by atoms with Crippen LogP contribution in [0.15, 0.2) is 34.0 Å². The third-order valence-electron chi connectivity index (χ3n) is 1.93. The van der Waals surface area contributed by atoms with Crippen molar-refractivity contribution < 1.29 is 4.42 Å². The molecule has 6 nitrogen and oxygen atoms in total. The van der Waals surface area contributed by atoms with Gasteiger partial charge in [0, 0.05) is 19.3 Å². The third kappa shape index (κ3) is 2.66. The van der Waals surface area contributed by atoms with E-state index >= 15 is 0 Å². The first-order valence-electron chi connectivity index (χ1n) is 4.86. The monoisotopic (exact) mass is 227 g/mol. The molecule has 0 fully saturated rings. The first-order chi connectivity index (χ1) is 8.29. The molecule has 17 heavy (non-hydrogen) atoms. The second kappa shape index (κ2) is 4.90. The Balaban J connectivity index is 2.08. The molecule has 2 aromatic heterocycles. The number of oxazole rings is 1. The molecule has 2 rings (SSSR count). The number of hydrazone groups is 1. The molecular formula is C11H9N5O. The summed E-state index contributed by atoms with van der Waals surface area (Å²) in [4.78, 5) is 7.77. The smallest absolute Gasteiger partial charge is 0.252 e. The second-order valence-corrected chi connectivity index (χ2v) is 3.17. The minimum atomic E-state index is 0.189. The Labute approximate surface area is 97.6 Å². The van der Waals surface area contributed by atoms with Crippen molar-refractivity contribution in [2.75, 3.05) is 5.43 Å². The minimum absolute atomic E-state index is 0.189. The standard InChI is InChI=1S/C11H9N5O/c1-8-15-10(6-12)11(17-8)16-14-7-9-2-4-13-5-3-9/h2-5,7,16H,1H3. The predicted molar refractivity (Wildman–Crippen MR) is 61.4 cm³/mol. The molecule has 1 N–H and O–H groups in total. The van der Waals surface area contributed by atoms with Crippen molar-refractivity contribution in [3.05, 3.63) is 41.7 Å². The lowest BCUT2D eigenvalue weighted by Gasteiger charge is -1.94. The number of nitrogens with zero attached hydrogens (tertiary/aromatic N) is 4. The third-order valence-corrected chi connectivity index (χ3v) is 1.93. The van der Waals surface area contributed by atoms with Crippen molar-refractivity contribution in [2.45, 2.75) is 6.92 Å². The zero-order valence-electron chi connectivity index (χ0n) is 9.08. The van der Waals surface area contributed by atoms with Gasteiger partial charge in [0.25, 0.3) is 5.88 Å². The van der Waals surface area contributed by atoms with E-state index in [0.717, 1.165) is 5.56 Å². The van der Waals surface area contributed by atoms with Crippen LogP contribution < -0.4 is 5.43 Å². The van der Waals surface area contributed by atoms with Crippen LogP contribution >= 0.6 is 0 Å². The number of pyridine rings is 1. The number of nitriles is 1. The Hall–Kier alpha value is -2.68. The lowest BCUT2D eigenvalue weighted by atomic mass is 10.3. The molecule has 0 bridgehead atoms. The number of aromatic nitrogens is 2. The molecule has 2 aromatic rings. The van der Waals surface area contributed by atoms with Gasteiger partial charge in [-0.1, -0.05) is 0 Å². The van der Waals surface area contributed by atoms with E-state index in [1.807, 2.05) is 18.2 Å². The molecule has 0 amide bonds. The Bertz CT molecular complexity index is 567. The maximum Gasteiger partial charge on any atom is 0.252 e. The van der Waals surface area contributed by atoms with Gasteiger partial charge in [-0.3, -0.25) is 4.98 Å². The Morgan fingerprint density at radius 2 is 2.24 bits per heavy atom. The number of nitrogens with one attached hydrogen (secondary N) is 1. The second-order valence-electron chi connectivity index (χ2n) is 3.17. The van der Waals surface area contributed by atoms with Crippen LogP contribution in [0.3, 0.4) is 0 Å². The lowest BCUT2D eigenvalue weighted by Crippen LogP contribution is -1.91. The zero-order chi connectivity index (χ0) is 12.1. The summed E-state index contributed by atoms with van der Waals surface area (Å²) in [6.07, 6.45) is 4.93. The predicted octanol–water partition coefficient (Wildman–Crippen LogP) is 1.70. The van der Waals surface area contributed by atoms with Gasteiger partial charge in [-0.05, 0) is 17.7 Å². The fraction of sp³-hybridized carbons (Fsp3) is 0.0909. The molecule has 0 aliphatic carbocycles. The molecular weight excluding hydrogens is 218 g/mol. The Morgan fingerprint density at radius 3 is 2.94 bits per heavy atom. The van der Waals surface area contributed by atoms with Crippen molar-refractivity contribution in [3.8, 4) is 6.07 Å². The van der Waals surface area contributed by atoms with E-state index in [4.69, 9.17) is 9.68 Å². The summed E-state index contributed by atoms with van der Waals surface area (Å²) < 4.78 is 5.17. The highest BCUT2D eigenvalue weighted by Crippen LogP contribution is 2.15. The van der Waals surface area contributed by atoms with Crippen molar-refractivity contribution in [2.24, 2.45) is 5.10 Å². The number of hydrogen-bond donors (Lipinski definition) is 1. The van der Waals surface area contributed by atoms with Crippen LogP contribution in [0.1, 0.15) is 17.1 Å². The van der Waals surface area contributed by atoms with Crippen LogP contribution in [0.2, 0.25) is 0 Å². The van der Waals surface area contributed by atoms with Crippen molar-refractivity contribution >= 4 is 12.1 Å². The van der Waals surface area contributed by atoms with Gasteiger partial charge in [0.2, 0.25) is 5.69 Å². The van der Waals surface area contributed by atoms with Gasteiger partial charge in [-0.25, -0.2) is 10.4 Å². The van der Waals surface area contributed by atoms with Crippen LogP contribution in [0.4, 0.5) is 5.88 Å². The Kier molecular flexibility index (Phi) is 3.12. The van der Waals surface area contributed by atoms with Gasteiger partial charge in [-0.15, -0.1) is 0 Å². The van der Waals surface area contributed by atoms with E-state index in [1.165, 1.54) is 0 Å². The molecule has 0 unspecified atom stereocenters. The zero-order valence-corrected chi connectivity index (χ0v) is 9.08. The molecule has 6 heteroatoms. The van der Waals surface area contributed by atoms with E-state index in [1.54, 1.807) is 25.5 Å². The topological polar surface area (TPSA) is 87.1 Å².